The predicted molar refractivity (Wildman–Crippen MR) is 226 cm³/mol. The number of hydrogen-bond donors (Lipinski definition) is 8. The maximum atomic E-state index is 13.7. The van der Waals surface area contributed by atoms with Crippen LogP contribution in [-0.2, 0) is 9.59 Å². The number of nitrogens with one attached hydrogen (secondary N) is 5. The standard InChI is InChI=1S/C41H44N10O6.C2HF3O2/c1-3-31(52)46-29-21-30(36(54)35(29)53)51-23-45-34-37(44-22-28(25-13-7-4-8-14-25)26-15-9-5-10-16-26)48-38(49-39(34)51)40(55)42-19-20-43-41(56)47-32-24(2)57-50-33(32)27-17-11-6-12-18-27;3-2(4,5)1(6)7/h4-18,23,28-30,35-36,53-54H,3,19-22H2,1-2H3,(H,42,55)(H,46,52)(H2,43,47,56)(H,44,48,49);(H,6,7)/t29-,30+,35+,36-;/m0./s1. The van der Waals surface area contributed by atoms with Crippen molar-refractivity contribution in [1.82, 2.24) is 40.6 Å². The summed E-state index contributed by atoms with van der Waals surface area (Å²) in [5.74, 6) is -3.16. The SMILES string of the molecule is CCC(=O)N[C@H]1C[C@@H](n2cnc3c(NCC(c4ccccc4)c4ccccc4)nc(C(=O)NCCNC(=O)Nc4c(-c5ccccc5)noc4C)nc32)[C@H](O)[C@@H]1O.O=C(O)C(F)(F)F. The third-order valence-corrected chi connectivity index (χ3v) is 10.3. The Kier molecular flexibility index (Phi) is 14.9. The molecule has 0 spiro atoms. The summed E-state index contributed by atoms with van der Waals surface area (Å²) in [7, 11) is 0. The largest absolute Gasteiger partial charge is 0.490 e. The molecule has 1 fully saturated rings. The van der Waals surface area contributed by atoms with Gasteiger partial charge in [0.2, 0.25) is 11.7 Å². The maximum Gasteiger partial charge on any atom is 0.490 e. The second kappa shape index (κ2) is 20.7. The van der Waals surface area contributed by atoms with Gasteiger partial charge in [0.15, 0.2) is 17.2 Å². The Morgan fingerprint density at radius 3 is 2.06 bits per heavy atom. The molecule has 0 aliphatic heterocycles. The number of aliphatic hydroxyl groups excluding tert-OH is 2. The molecule has 0 radical (unpaired) electrons. The van der Waals surface area contributed by atoms with E-state index in [4.69, 9.17) is 14.4 Å². The summed E-state index contributed by atoms with van der Waals surface area (Å²) in [5, 5.41) is 47.7. The van der Waals surface area contributed by atoms with Gasteiger partial charge in [-0.1, -0.05) is 103 Å². The number of hydrogen-bond acceptors (Lipinski definition) is 12. The highest BCUT2D eigenvalue weighted by Gasteiger charge is 2.44. The summed E-state index contributed by atoms with van der Waals surface area (Å²) < 4.78 is 38.7. The van der Waals surface area contributed by atoms with Crippen LogP contribution in [0.2, 0.25) is 0 Å². The molecule has 6 aromatic rings. The minimum atomic E-state index is -5.08. The van der Waals surface area contributed by atoms with E-state index in [1.54, 1.807) is 18.4 Å². The molecule has 1 saturated carbocycles. The first-order chi connectivity index (χ1) is 30.7. The molecular weight excluding hydrogens is 842 g/mol. The molecule has 0 saturated heterocycles. The van der Waals surface area contributed by atoms with Crippen LogP contribution in [0.1, 0.15) is 59.2 Å². The third kappa shape index (κ3) is 11.2. The van der Waals surface area contributed by atoms with Crippen LogP contribution in [0, 0.1) is 6.92 Å². The highest BCUT2D eigenvalue weighted by atomic mass is 19.4. The van der Waals surface area contributed by atoms with E-state index >= 15 is 0 Å². The number of carboxylic acid groups (broad SMARTS) is 1. The van der Waals surface area contributed by atoms with Crippen molar-refractivity contribution in [3.8, 4) is 11.3 Å². The molecule has 4 atom stereocenters. The Morgan fingerprint density at radius 2 is 1.47 bits per heavy atom. The fourth-order valence-corrected chi connectivity index (χ4v) is 7.02. The van der Waals surface area contributed by atoms with Crippen LogP contribution in [-0.4, -0.2) is 108 Å². The van der Waals surface area contributed by atoms with E-state index in [1.807, 2.05) is 91.0 Å². The number of benzene rings is 3. The molecule has 0 unspecified atom stereocenters. The van der Waals surface area contributed by atoms with Gasteiger partial charge in [0.25, 0.3) is 5.91 Å². The van der Waals surface area contributed by atoms with E-state index in [0.717, 1.165) is 16.7 Å². The summed E-state index contributed by atoms with van der Waals surface area (Å²) in [6, 6.07) is 27.4. The predicted octanol–water partition coefficient (Wildman–Crippen LogP) is 4.78. The number of halogens is 3. The zero-order valence-corrected chi connectivity index (χ0v) is 34.4. The lowest BCUT2D eigenvalue weighted by atomic mass is 9.91. The summed E-state index contributed by atoms with van der Waals surface area (Å²) in [4.78, 5) is 61.4. The number of nitrogens with zero attached hydrogens (tertiary/aromatic N) is 5. The number of fused-ring (bicyclic) bond motifs is 1. The van der Waals surface area contributed by atoms with Gasteiger partial charge in [-0.2, -0.15) is 13.2 Å². The molecule has 64 heavy (non-hydrogen) atoms. The van der Waals surface area contributed by atoms with Crippen molar-refractivity contribution in [3.05, 3.63) is 120 Å². The number of aliphatic carboxylic acids is 1. The number of carbonyl (C=O) groups excluding carboxylic acids is 3. The highest BCUT2D eigenvalue weighted by Crippen LogP contribution is 2.35. The number of alkyl halides is 3. The Hall–Kier alpha value is -7.39. The fraction of sp³-hybridized carbons (Fsp3) is 0.302. The number of amides is 4. The van der Waals surface area contributed by atoms with Gasteiger partial charge in [0, 0.05) is 37.5 Å². The molecule has 7 rings (SSSR count). The lowest BCUT2D eigenvalue weighted by Gasteiger charge is -2.20. The normalized spacial score (nSPS) is 17.0. The van der Waals surface area contributed by atoms with Gasteiger partial charge in [0.1, 0.15) is 29.1 Å². The highest BCUT2D eigenvalue weighted by molar-refractivity contribution is 5.95. The summed E-state index contributed by atoms with van der Waals surface area (Å²) in [5.41, 5.74) is 4.45. The van der Waals surface area contributed by atoms with Crippen LogP contribution in [0.15, 0.2) is 102 Å². The van der Waals surface area contributed by atoms with Gasteiger partial charge in [-0.3, -0.25) is 9.59 Å². The van der Waals surface area contributed by atoms with Crippen molar-refractivity contribution < 1.29 is 52.2 Å². The number of imidazole rings is 1. The molecule has 3 heterocycles. The van der Waals surface area contributed by atoms with Crippen LogP contribution in [0.5, 0.6) is 0 Å². The lowest BCUT2D eigenvalue weighted by Crippen LogP contribution is -2.42. The average Bonchev–Trinajstić information content (AvgIpc) is 3.97. The molecule has 1 aliphatic rings. The number of carbonyl (C=O) groups is 4. The number of aromatic nitrogens is 5. The van der Waals surface area contributed by atoms with E-state index in [1.165, 1.54) is 6.33 Å². The quantitative estimate of drug-likeness (QED) is 0.0686. The van der Waals surface area contributed by atoms with E-state index in [0.29, 0.717) is 35.0 Å². The monoisotopic (exact) mass is 886 g/mol. The molecule has 336 valence electrons. The number of anilines is 2. The zero-order valence-electron chi connectivity index (χ0n) is 34.4. The van der Waals surface area contributed by atoms with E-state index in [9.17, 15) is 37.8 Å². The van der Waals surface area contributed by atoms with Crippen LogP contribution >= 0.6 is 0 Å². The fourth-order valence-electron chi connectivity index (χ4n) is 7.02. The maximum absolute atomic E-state index is 13.7. The second-order valence-corrected chi connectivity index (χ2v) is 14.6. The van der Waals surface area contributed by atoms with Gasteiger partial charge >= 0.3 is 18.2 Å². The third-order valence-electron chi connectivity index (χ3n) is 10.3. The summed E-state index contributed by atoms with van der Waals surface area (Å²) in [6.07, 6.45) is -5.65. The first kappa shape index (κ1) is 46.1. The van der Waals surface area contributed by atoms with Crippen molar-refractivity contribution >= 4 is 46.5 Å². The number of rotatable bonds is 14. The Bertz CT molecular complexity index is 2500. The molecule has 1 aliphatic carbocycles. The molecule has 21 heteroatoms. The summed E-state index contributed by atoms with van der Waals surface area (Å²) in [6.45, 7) is 3.91. The molecular formula is C43H45F3N10O8. The number of carboxylic acids is 1. The lowest BCUT2D eigenvalue weighted by molar-refractivity contribution is -0.192. The van der Waals surface area contributed by atoms with Gasteiger partial charge < -0.3 is 51.0 Å². The first-order valence-electron chi connectivity index (χ1n) is 20.0. The molecule has 3 aromatic heterocycles. The number of aryl methyl sites for hydroxylation is 1. The van der Waals surface area contributed by atoms with Crippen molar-refractivity contribution in [2.75, 3.05) is 30.3 Å². The van der Waals surface area contributed by atoms with E-state index < -0.39 is 48.4 Å². The minimum Gasteiger partial charge on any atom is -0.475 e. The Labute approximate surface area is 363 Å². The molecule has 18 nitrogen and oxygen atoms in total. The van der Waals surface area contributed by atoms with Crippen LogP contribution in [0.25, 0.3) is 22.4 Å². The van der Waals surface area contributed by atoms with Crippen LogP contribution < -0.4 is 26.6 Å². The Balaban J connectivity index is 0.000000898. The average molecular weight is 887 g/mol. The molecule has 3 aromatic carbocycles. The van der Waals surface area contributed by atoms with Gasteiger partial charge in [-0.25, -0.2) is 24.5 Å². The van der Waals surface area contributed by atoms with E-state index in [-0.39, 0.29) is 49.2 Å². The topological polar surface area (TPSA) is 259 Å². The summed E-state index contributed by atoms with van der Waals surface area (Å²) >= 11 is 0. The first-order valence-corrected chi connectivity index (χ1v) is 20.0. The van der Waals surface area contributed by atoms with Crippen molar-refractivity contribution in [2.45, 2.75) is 63.1 Å². The van der Waals surface area contributed by atoms with Crippen molar-refractivity contribution in [3.63, 3.8) is 0 Å². The van der Waals surface area contributed by atoms with E-state index in [2.05, 4.69) is 46.7 Å². The molecule has 8 N–H and O–H groups in total. The molecule has 4 amide bonds. The van der Waals surface area contributed by atoms with Gasteiger partial charge in [-0.05, 0) is 24.5 Å². The van der Waals surface area contributed by atoms with Crippen LogP contribution in [0.4, 0.5) is 29.5 Å². The van der Waals surface area contributed by atoms with Gasteiger partial charge in [0.05, 0.1) is 18.4 Å². The second-order valence-electron chi connectivity index (χ2n) is 14.6. The Morgan fingerprint density at radius 1 is 0.875 bits per heavy atom. The zero-order chi connectivity index (χ0) is 46.0. The molecule has 0 bridgehead atoms. The number of urea groups is 1. The van der Waals surface area contributed by atoms with Crippen LogP contribution in [0.3, 0.4) is 0 Å². The smallest absolute Gasteiger partial charge is 0.475 e. The minimum absolute atomic E-state index is 0.0419. The van der Waals surface area contributed by atoms with Gasteiger partial charge in [-0.15, -0.1) is 0 Å². The number of aliphatic hydroxyl groups is 2. The van der Waals surface area contributed by atoms with Crippen molar-refractivity contribution in [1.29, 1.82) is 0 Å². The van der Waals surface area contributed by atoms with Crippen molar-refractivity contribution in [2.24, 2.45) is 0 Å².